The molecule has 1 atom stereocenters. The molecule has 0 saturated carbocycles. The molecule has 0 spiro atoms. The average molecular weight is 199 g/mol. The highest BCUT2D eigenvalue weighted by molar-refractivity contribution is 6.30. The molecule has 1 rings (SSSR count). The molecule has 0 radical (unpaired) electrons. The molecule has 2 nitrogen and oxygen atoms in total. The molecule has 0 bridgehead atoms. The molecular formula is C10H15ClN2. The van der Waals surface area contributed by atoms with Gasteiger partial charge in [-0.1, -0.05) is 11.6 Å². The first-order chi connectivity index (χ1) is 6.09. The quantitative estimate of drug-likeness (QED) is 0.752. The maximum atomic E-state index is 5.77. The lowest BCUT2D eigenvalue weighted by Crippen LogP contribution is -2.31. The third-order valence-electron chi connectivity index (χ3n) is 1.99. The van der Waals surface area contributed by atoms with Gasteiger partial charge >= 0.3 is 0 Å². The second kappa shape index (κ2) is 4.49. The Balaban J connectivity index is 2.59. The first-order valence-electron chi connectivity index (χ1n) is 4.28. The zero-order valence-corrected chi connectivity index (χ0v) is 8.97. The summed E-state index contributed by atoms with van der Waals surface area (Å²) in [4.78, 5) is 2.11. The predicted octanol–water partition coefficient (Wildman–Crippen LogP) is 2.66. The highest BCUT2D eigenvalue weighted by atomic mass is 35.5. The van der Waals surface area contributed by atoms with Crippen LogP contribution in [0.5, 0.6) is 0 Å². The minimum Gasteiger partial charge on any atom is -0.370 e. The lowest BCUT2D eigenvalue weighted by atomic mass is 10.3. The molecule has 0 saturated heterocycles. The number of nitrogens with zero attached hydrogens (tertiary/aromatic N) is 1. The molecule has 1 aromatic rings. The summed E-state index contributed by atoms with van der Waals surface area (Å²) in [5, 5.41) is 4.10. The van der Waals surface area contributed by atoms with Crippen molar-refractivity contribution in [3.05, 3.63) is 29.3 Å². The van der Waals surface area contributed by atoms with Crippen LogP contribution in [0.15, 0.2) is 24.3 Å². The normalized spacial score (nSPS) is 13.0. The van der Waals surface area contributed by atoms with Gasteiger partial charge in [-0.3, -0.25) is 4.90 Å². The SMILES string of the molecule is CC(Nc1ccc(Cl)cc1)N(C)C. The van der Waals surface area contributed by atoms with E-state index in [1.165, 1.54) is 0 Å². The molecule has 0 aromatic heterocycles. The van der Waals surface area contributed by atoms with Crippen LogP contribution in [0.2, 0.25) is 5.02 Å². The molecule has 72 valence electrons. The van der Waals surface area contributed by atoms with E-state index in [1.807, 2.05) is 38.4 Å². The zero-order valence-electron chi connectivity index (χ0n) is 8.21. The number of rotatable bonds is 3. The molecule has 13 heavy (non-hydrogen) atoms. The fraction of sp³-hybridized carbons (Fsp3) is 0.400. The van der Waals surface area contributed by atoms with Crippen molar-refractivity contribution in [2.75, 3.05) is 19.4 Å². The summed E-state index contributed by atoms with van der Waals surface area (Å²) in [7, 11) is 4.07. The van der Waals surface area contributed by atoms with Crippen LogP contribution in [-0.2, 0) is 0 Å². The van der Waals surface area contributed by atoms with Crippen molar-refractivity contribution in [2.45, 2.75) is 13.1 Å². The van der Waals surface area contributed by atoms with Gasteiger partial charge in [-0.15, -0.1) is 0 Å². The van der Waals surface area contributed by atoms with Gasteiger partial charge in [0.2, 0.25) is 0 Å². The summed E-state index contributed by atoms with van der Waals surface area (Å²) in [6.45, 7) is 2.11. The van der Waals surface area contributed by atoms with Gasteiger partial charge in [-0.2, -0.15) is 0 Å². The van der Waals surface area contributed by atoms with Crippen LogP contribution >= 0.6 is 11.6 Å². The molecule has 3 heteroatoms. The lowest BCUT2D eigenvalue weighted by Gasteiger charge is -2.22. The molecule has 0 aliphatic carbocycles. The molecule has 0 aliphatic rings. The number of hydrogen-bond acceptors (Lipinski definition) is 2. The second-order valence-corrected chi connectivity index (χ2v) is 3.73. The van der Waals surface area contributed by atoms with Crippen LogP contribution in [0.25, 0.3) is 0 Å². The first-order valence-corrected chi connectivity index (χ1v) is 4.66. The number of hydrogen-bond donors (Lipinski definition) is 1. The Morgan fingerprint density at radius 1 is 1.23 bits per heavy atom. The van der Waals surface area contributed by atoms with Gasteiger partial charge < -0.3 is 5.32 Å². The number of anilines is 1. The summed E-state index contributed by atoms with van der Waals surface area (Å²) >= 11 is 5.77. The van der Waals surface area contributed by atoms with Crippen molar-refractivity contribution in [1.82, 2.24) is 4.90 Å². The molecule has 0 heterocycles. The van der Waals surface area contributed by atoms with Crippen LogP contribution in [0.3, 0.4) is 0 Å². The standard InChI is InChI=1S/C10H15ClN2/c1-8(13(2)3)12-10-6-4-9(11)5-7-10/h4-8,12H,1-3H3. The van der Waals surface area contributed by atoms with Gasteiger partial charge in [0.05, 0.1) is 6.17 Å². The van der Waals surface area contributed by atoms with E-state index in [0.29, 0.717) is 6.17 Å². The van der Waals surface area contributed by atoms with E-state index < -0.39 is 0 Å². The van der Waals surface area contributed by atoms with Gasteiger partial charge in [0.1, 0.15) is 0 Å². The summed E-state index contributed by atoms with van der Waals surface area (Å²) in [6, 6.07) is 7.71. The Kier molecular flexibility index (Phi) is 3.58. The summed E-state index contributed by atoms with van der Waals surface area (Å²) in [6.07, 6.45) is 0.321. The third-order valence-corrected chi connectivity index (χ3v) is 2.25. The van der Waals surface area contributed by atoms with E-state index in [9.17, 15) is 0 Å². The van der Waals surface area contributed by atoms with Crippen molar-refractivity contribution >= 4 is 17.3 Å². The molecule has 1 aromatic carbocycles. The molecule has 1 unspecified atom stereocenters. The Bertz CT molecular complexity index is 256. The van der Waals surface area contributed by atoms with E-state index in [0.717, 1.165) is 10.7 Å². The van der Waals surface area contributed by atoms with Crippen LogP contribution in [-0.4, -0.2) is 25.2 Å². The summed E-state index contributed by atoms with van der Waals surface area (Å²) < 4.78 is 0. The Labute approximate surface area is 84.5 Å². The smallest absolute Gasteiger partial charge is 0.0759 e. The minimum absolute atomic E-state index is 0.321. The van der Waals surface area contributed by atoms with Crippen LogP contribution < -0.4 is 5.32 Å². The maximum absolute atomic E-state index is 5.77. The van der Waals surface area contributed by atoms with E-state index in [2.05, 4.69) is 17.1 Å². The summed E-state index contributed by atoms with van der Waals surface area (Å²) in [5.74, 6) is 0. The second-order valence-electron chi connectivity index (χ2n) is 3.29. The van der Waals surface area contributed by atoms with Crippen LogP contribution in [0.1, 0.15) is 6.92 Å². The van der Waals surface area contributed by atoms with Crippen molar-refractivity contribution in [1.29, 1.82) is 0 Å². The highest BCUT2D eigenvalue weighted by Gasteiger charge is 2.02. The number of halogens is 1. The third kappa shape index (κ3) is 3.25. The van der Waals surface area contributed by atoms with Crippen LogP contribution in [0.4, 0.5) is 5.69 Å². The zero-order chi connectivity index (χ0) is 9.84. The van der Waals surface area contributed by atoms with E-state index in [1.54, 1.807) is 0 Å². The largest absolute Gasteiger partial charge is 0.370 e. The van der Waals surface area contributed by atoms with E-state index in [4.69, 9.17) is 11.6 Å². The van der Waals surface area contributed by atoms with Crippen molar-refractivity contribution in [2.24, 2.45) is 0 Å². The minimum atomic E-state index is 0.321. The fourth-order valence-electron chi connectivity index (χ4n) is 0.916. The van der Waals surface area contributed by atoms with Gasteiger partial charge in [0.15, 0.2) is 0 Å². The molecule has 0 aliphatic heterocycles. The number of nitrogens with one attached hydrogen (secondary N) is 1. The highest BCUT2D eigenvalue weighted by Crippen LogP contribution is 2.14. The Morgan fingerprint density at radius 2 is 1.77 bits per heavy atom. The van der Waals surface area contributed by atoms with E-state index in [-0.39, 0.29) is 0 Å². The molecule has 1 N–H and O–H groups in total. The summed E-state index contributed by atoms with van der Waals surface area (Å²) in [5.41, 5.74) is 1.09. The maximum Gasteiger partial charge on any atom is 0.0759 e. The predicted molar refractivity (Wildman–Crippen MR) is 58.2 cm³/mol. The van der Waals surface area contributed by atoms with Crippen LogP contribution in [0, 0.1) is 0 Å². The van der Waals surface area contributed by atoms with Crippen molar-refractivity contribution in [3.63, 3.8) is 0 Å². The monoisotopic (exact) mass is 198 g/mol. The fourth-order valence-corrected chi connectivity index (χ4v) is 1.04. The lowest BCUT2D eigenvalue weighted by molar-refractivity contribution is 0.343. The molecule has 0 fully saturated rings. The average Bonchev–Trinajstić information content (AvgIpc) is 2.08. The first kappa shape index (κ1) is 10.4. The topological polar surface area (TPSA) is 15.3 Å². The van der Waals surface area contributed by atoms with E-state index >= 15 is 0 Å². The van der Waals surface area contributed by atoms with Gasteiger partial charge in [0.25, 0.3) is 0 Å². The van der Waals surface area contributed by atoms with Gasteiger partial charge in [-0.25, -0.2) is 0 Å². The van der Waals surface area contributed by atoms with Gasteiger partial charge in [-0.05, 0) is 45.3 Å². The Morgan fingerprint density at radius 3 is 2.23 bits per heavy atom. The molecule has 0 amide bonds. The van der Waals surface area contributed by atoms with Crippen molar-refractivity contribution in [3.8, 4) is 0 Å². The number of benzene rings is 1. The Hall–Kier alpha value is -0.730. The van der Waals surface area contributed by atoms with Gasteiger partial charge in [0, 0.05) is 10.7 Å². The van der Waals surface area contributed by atoms with Crippen molar-refractivity contribution < 1.29 is 0 Å². The molecular weight excluding hydrogens is 184 g/mol.